The van der Waals surface area contributed by atoms with E-state index in [0.29, 0.717) is 0 Å². The van der Waals surface area contributed by atoms with Crippen LogP contribution in [0, 0.1) is 0 Å². The molecule has 0 spiro atoms. The molecule has 1 heterocycles. The molecule has 4 N–H and O–H groups in total. The van der Waals surface area contributed by atoms with Gasteiger partial charge in [-0.25, -0.2) is 9.59 Å². The molecule has 0 radical (unpaired) electrons. The zero-order chi connectivity index (χ0) is 23.8. The molecular formula is C24H38N4O4. The minimum atomic E-state index is -0.820. The van der Waals surface area contributed by atoms with E-state index in [1.807, 2.05) is 53.7 Å². The van der Waals surface area contributed by atoms with Gasteiger partial charge < -0.3 is 25.5 Å². The average molecular weight is 447 g/mol. The van der Waals surface area contributed by atoms with Crippen LogP contribution in [-0.4, -0.2) is 54.5 Å². The number of rotatable bonds is 3. The molecule has 0 atom stereocenters. The van der Waals surface area contributed by atoms with Crippen LogP contribution < -0.4 is 11.1 Å². The first-order valence-corrected chi connectivity index (χ1v) is 11.5. The quantitative estimate of drug-likeness (QED) is 0.649. The molecule has 8 nitrogen and oxygen atoms in total. The molecule has 1 aromatic heterocycles. The second-order valence-electron chi connectivity index (χ2n) is 12.7. The molecule has 0 saturated heterocycles. The third-order valence-corrected chi connectivity index (χ3v) is 7.30. The van der Waals surface area contributed by atoms with Gasteiger partial charge in [0.15, 0.2) is 0 Å². The van der Waals surface area contributed by atoms with Crippen molar-refractivity contribution in [2.24, 2.45) is 5.73 Å². The summed E-state index contributed by atoms with van der Waals surface area (Å²) >= 11 is 0. The maximum atomic E-state index is 11.7. The Kier molecular flexibility index (Phi) is 4.77. The van der Waals surface area contributed by atoms with Gasteiger partial charge in [0, 0.05) is 23.5 Å². The Balaban J connectivity index is 0.000000158. The Morgan fingerprint density at radius 2 is 1.50 bits per heavy atom. The van der Waals surface area contributed by atoms with Crippen molar-refractivity contribution in [3.05, 3.63) is 24.5 Å². The Labute approximate surface area is 190 Å². The first-order valence-electron chi connectivity index (χ1n) is 11.5. The fourth-order valence-corrected chi connectivity index (χ4v) is 6.56. The van der Waals surface area contributed by atoms with E-state index in [1.165, 1.54) is 0 Å². The van der Waals surface area contributed by atoms with Gasteiger partial charge in [-0.3, -0.25) is 4.90 Å². The minimum Gasteiger partial charge on any atom is -0.465 e. The number of carbonyl (C=O) groups excluding carboxylic acids is 1. The highest BCUT2D eigenvalue weighted by atomic mass is 16.6. The molecule has 6 aliphatic carbocycles. The summed E-state index contributed by atoms with van der Waals surface area (Å²) in [6.45, 7) is 11.5. The monoisotopic (exact) mass is 446 g/mol. The fourth-order valence-electron chi connectivity index (χ4n) is 6.56. The van der Waals surface area contributed by atoms with Crippen molar-refractivity contribution in [1.82, 2.24) is 14.8 Å². The highest BCUT2D eigenvalue weighted by Crippen LogP contribution is 2.65. The topological polar surface area (TPSA) is 110 Å². The molecule has 0 unspecified atom stereocenters. The van der Waals surface area contributed by atoms with Gasteiger partial charge in [0.2, 0.25) is 0 Å². The third kappa shape index (κ3) is 3.76. The zero-order valence-corrected chi connectivity index (χ0v) is 20.2. The Bertz CT molecular complexity index is 870. The number of nitrogens with zero attached hydrogens (tertiary/aromatic N) is 2. The van der Waals surface area contributed by atoms with Crippen molar-refractivity contribution < 1.29 is 19.4 Å². The first kappa shape index (κ1) is 23.0. The molecule has 0 aromatic carbocycles. The SMILES string of the molecule is CC(C)(C)N(C(=O)O)C12CC(N)(C1)C2.CC(C)(C)OC(=O)NC12CC(n3cccc3)(C1)C2. The van der Waals surface area contributed by atoms with E-state index < -0.39 is 11.7 Å². The number of alkyl carbamates (subject to hydrolysis) is 1. The van der Waals surface area contributed by atoms with E-state index in [1.54, 1.807) is 4.90 Å². The van der Waals surface area contributed by atoms with E-state index in [4.69, 9.17) is 10.5 Å². The molecule has 1 aromatic rings. The maximum absolute atomic E-state index is 11.7. The lowest BCUT2D eigenvalue weighted by molar-refractivity contribution is -0.172. The maximum Gasteiger partial charge on any atom is 0.408 e. The predicted octanol–water partition coefficient (Wildman–Crippen LogP) is 4.04. The summed E-state index contributed by atoms with van der Waals surface area (Å²) < 4.78 is 7.57. The normalized spacial score (nSPS) is 36.1. The van der Waals surface area contributed by atoms with E-state index in [-0.39, 0.29) is 33.8 Å². The van der Waals surface area contributed by atoms with Crippen LogP contribution in [0.4, 0.5) is 9.59 Å². The molecule has 4 bridgehead atoms. The highest BCUT2D eigenvalue weighted by molar-refractivity contribution is 5.70. The second kappa shape index (κ2) is 6.65. The summed E-state index contributed by atoms with van der Waals surface area (Å²) in [5, 5.41) is 12.2. The van der Waals surface area contributed by atoms with Crippen molar-refractivity contribution >= 4 is 12.2 Å². The lowest BCUT2D eigenvalue weighted by atomic mass is 9.43. The summed E-state index contributed by atoms with van der Waals surface area (Å²) in [6, 6.07) is 4.10. The standard InChI is InChI=1S/C14H20N2O2.C10H18N2O2/c1-12(2,3)18-11(17)15-13-8-14(9-13,10-13)16-6-4-5-7-16;1-8(2,3)12(7(13)14)10-4-9(11,5-10)6-10/h4-7H,8-10H2,1-3H3,(H,15,17);4-6,11H2,1-3H3,(H,13,14). The Hall–Kier alpha value is -2.22. The van der Waals surface area contributed by atoms with E-state index in [2.05, 4.69) is 22.3 Å². The molecular weight excluding hydrogens is 408 g/mol. The van der Waals surface area contributed by atoms with Crippen LogP contribution in [0.15, 0.2) is 24.5 Å². The van der Waals surface area contributed by atoms with E-state index in [0.717, 1.165) is 38.5 Å². The number of ether oxygens (including phenoxy) is 1. The van der Waals surface area contributed by atoms with Crippen LogP contribution >= 0.6 is 0 Å². The lowest BCUT2D eigenvalue weighted by Crippen LogP contribution is -2.84. The number of hydrogen-bond acceptors (Lipinski definition) is 4. The molecule has 7 rings (SSSR count). The fraction of sp³-hybridized carbons (Fsp3) is 0.750. The molecule has 6 aliphatic rings. The number of hydrogen-bond donors (Lipinski definition) is 3. The average Bonchev–Trinajstić information content (AvgIpc) is 2.97. The van der Waals surface area contributed by atoms with Gasteiger partial charge in [0.1, 0.15) is 5.60 Å². The Morgan fingerprint density at radius 3 is 1.88 bits per heavy atom. The molecule has 6 fully saturated rings. The van der Waals surface area contributed by atoms with Crippen molar-refractivity contribution in [2.75, 3.05) is 0 Å². The van der Waals surface area contributed by atoms with Crippen molar-refractivity contribution in [1.29, 1.82) is 0 Å². The summed E-state index contributed by atoms with van der Waals surface area (Å²) in [5.74, 6) is 0. The van der Waals surface area contributed by atoms with Gasteiger partial charge in [-0.2, -0.15) is 0 Å². The van der Waals surface area contributed by atoms with E-state index in [9.17, 15) is 14.7 Å². The molecule has 178 valence electrons. The van der Waals surface area contributed by atoms with Crippen LogP contribution in [-0.2, 0) is 10.3 Å². The van der Waals surface area contributed by atoms with Crippen LogP contribution in [0.3, 0.4) is 0 Å². The van der Waals surface area contributed by atoms with Crippen LogP contribution in [0.5, 0.6) is 0 Å². The van der Waals surface area contributed by atoms with Crippen LogP contribution in [0.25, 0.3) is 0 Å². The molecule has 32 heavy (non-hydrogen) atoms. The predicted molar refractivity (Wildman–Crippen MR) is 121 cm³/mol. The summed E-state index contributed by atoms with van der Waals surface area (Å²) in [7, 11) is 0. The number of nitrogens with one attached hydrogen (secondary N) is 1. The van der Waals surface area contributed by atoms with Crippen molar-refractivity contribution in [3.8, 4) is 0 Å². The molecule has 8 heteroatoms. The lowest BCUT2D eigenvalue weighted by Gasteiger charge is -2.73. The number of nitrogens with two attached hydrogens (primary N) is 1. The zero-order valence-electron chi connectivity index (χ0n) is 20.2. The number of carboxylic acid groups (broad SMARTS) is 1. The van der Waals surface area contributed by atoms with Gasteiger partial charge in [-0.1, -0.05) is 0 Å². The third-order valence-electron chi connectivity index (χ3n) is 7.30. The van der Waals surface area contributed by atoms with Gasteiger partial charge in [-0.15, -0.1) is 0 Å². The van der Waals surface area contributed by atoms with Crippen LogP contribution in [0.2, 0.25) is 0 Å². The Morgan fingerprint density at radius 1 is 1.00 bits per heavy atom. The largest absolute Gasteiger partial charge is 0.465 e. The van der Waals surface area contributed by atoms with Gasteiger partial charge >= 0.3 is 12.2 Å². The van der Waals surface area contributed by atoms with Gasteiger partial charge in [-0.05, 0) is 92.2 Å². The summed E-state index contributed by atoms with van der Waals surface area (Å²) in [6.07, 6.45) is 8.68. The van der Waals surface area contributed by atoms with E-state index >= 15 is 0 Å². The number of aromatic nitrogens is 1. The van der Waals surface area contributed by atoms with Crippen molar-refractivity contribution in [2.45, 2.75) is 113 Å². The number of carbonyl (C=O) groups is 2. The van der Waals surface area contributed by atoms with Crippen LogP contribution in [0.1, 0.15) is 80.1 Å². The van der Waals surface area contributed by atoms with Crippen molar-refractivity contribution in [3.63, 3.8) is 0 Å². The number of amides is 2. The second-order valence-corrected chi connectivity index (χ2v) is 12.7. The first-order chi connectivity index (χ1) is 14.5. The smallest absolute Gasteiger partial charge is 0.408 e. The molecule has 0 aliphatic heterocycles. The highest BCUT2D eigenvalue weighted by Gasteiger charge is 2.71. The molecule has 6 saturated carbocycles. The van der Waals surface area contributed by atoms with Gasteiger partial charge in [0.25, 0.3) is 0 Å². The van der Waals surface area contributed by atoms with Gasteiger partial charge in [0.05, 0.1) is 16.6 Å². The molecule has 2 amide bonds. The summed E-state index contributed by atoms with van der Waals surface area (Å²) in [4.78, 5) is 24.5. The minimum absolute atomic E-state index is 0.00734. The summed E-state index contributed by atoms with van der Waals surface area (Å²) in [5.41, 5.74) is 5.26.